The molecule has 0 saturated heterocycles. The molecular formula is C14H21NO3. The van der Waals surface area contributed by atoms with Gasteiger partial charge in [-0.1, -0.05) is 19.3 Å². The molecule has 0 bridgehead atoms. The summed E-state index contributed by atoms with van der Waals surface area (Å²) in [5, 5.41) is 13.2. The van der Waals surface area contributed by atoms with Crippen LogP contribution in [0.15, 0.2) is 23.0 Å². The lowest BCUT2D eigenvalue weighted by Crippen LogP contribution is -2.46. The van der Waals surface area contributed by atoms with Crippen molar-refractivity contribution in [2.24, 2.45) is 5.92 Å². The van der Waals surface area contributed by atoms with E-state index >= 15 is 0 Å². The molecule has 4 nitrogen and oxygen atoms in total. The molecule has 0 radical (unpaired) electrons. The number of hydrogen-bond donors (Lipinski definition) is 2. The minimum Gasteiger partial charge on any atom is -0.472 e. The fourth-order valence-corrected chi connectivity index (χ4v) is 2.62. The Morgan fingerprint density at radius 2 is 2.22 bits per heavy atom. The number of nitrogens with one attached hydrogen (secondary N) is 1. The Kier molecular flexibility index (Phi) is 4.07. The summed E-state index contributed by atoms with van der Waals surface area (Å²) >= 11 is 0. The Bertz CT molecular complexity index is 378. The van der Waals surface area contributed by atoms with Gasteiger partial charge in [0.2, 0.25) is 0 Å². The monoisotopic (exact) mass is 251 g/mol. The summed E-state index contributed by atoms with van der Waals surface area (Å²) in [5.74, 6) is 0.0933. The Hall–Kier alpha value is -1.29. The van der Waals surface area contributed by atoms with E-state index in [0.717, 1.165) is 12.8 Å². The molecule has 1 aliphatic rings. The van der Waals surface area contributed by atoms with E-state index in [4.69, 9.17) is 4.42 Å². The van der Waals surface area contributed by atoms with Gasteiger partial charge in [-0.3, -0.25) is 4.79 Å². The molecule has 2 rings (SSSR count). The van der Waals surface area contributed by atoms with Crippen LogP contribution in [0.1, 0.15) is 49.4 Å². The highest BCUT2D eigenvalue weighted by molar-refractivity contribution is 5.93. The van der Waals surface area contributed by atoms with Crippen molar-refractivity contribution in [2.45, 2.75) is 44.6 Å². The molecule has 100 valence electrons. The first kappa shape index (κ1) is 13.1. The quantitative estimate of drug-likeness (QED) is 0.863. The molecule has 1 fully saturated rings. The molecule has 0 aromatic carbocycles. The fourth-order valence-electron chi connectivity index (χ4n) is 2.62. The third kappa shape index (κ3) is 3.13. The molecule has 0 aliphatic heterocycles. The number of carbonyl (C=O) groups excluding carboxylic acids is 1. The van der Waals surface area contributed by atoms with Crippen LogP contribution in [-0.2, 0) is 0 Å². The summed E-state index contributed by atoms with van der Waals surface area (Å²) in [4.78, 5) is 11.8. The number of furan rings is 1. The van der Waals surface area contributed by atoms with E-state index in [-0.39, 0.29) is 11.8 Å². The average molecular weight is 251 g/mol. The minimum absolute atomic E-state index is 0.195. The summed E-state index contributed by atoms with van der Waals surface area (Å²) in [6.07, 6.45) is 8.59. The summed E-state index contributed by atoms with van der Waals surface area (Å²) in [7, 11) is 0. The Labute approximate surface area is 107 Å². The minimum atomic E-state index is -0.820. The zero-order chi connectivity index (χ0) is 13.0. The maximum absolute atomic E-state index is 11.8. The van der Waals surface area contributed by atoms with Crippen molar-refractivity contribution in [3.8, 4) is 0 Å². The van der Waals surface area contributed by atoms with Gasteiger partial charge in [0.15, 0.2) is 0 Å². The number of carbonyl (C=O) groups is 1. The van der Waals surface area contributed by atoms with Gasteiger partial charge in [0.25, 0.3) is 5.91 Å². The molecule has 4 heteroatoms. The van der Waals surface area contributed by atoms with Crippen LogP contribution >= 0.6 is 0 Å². The molecule has 1 heterocycles. The standard InChI is InChI=1S/C14H21NO3/c1-14(17,12-5-3-2-4-6-12)10-15-13(16)11-7-8-18-9-11/h7-9,12,17H,2-6,10H2,1H3,(H,15,16)/t14-/m1/s1. The zero-order valence-electron chi connectivity index (χ0n) is 10.8. The first-order chi connectivity index (χ1) is 8.59. The third-order valence-corrected chi connectivity index (χ3v) is 3.87. The van der Waals surface area contributed by atoms with E-state index in [2.05, 4.69) is 5.32 Å². The van der Waals surface area contributed by atoms with Crippen LogP contribution in [0.4, 0.5) is 0 Å². The smallest absolute Gasteiger partial charge is 0.254 e. The predicted octanol–water partition coefficient (Wildman–Crippen LogP) is 2.34. The van der Waals surface area contributed by atoms with Crippen molar-refractivity contribution in [2.75, 3.05) is 6.54 Å². The predicted molar refractivity (Wildman–Crippen MR) is 68.2 cm³/mol. The van der Waals surface area contributed by atoms with Gasteiger partial charge in [-0.05, 0) is 31.7 Å². The van der Waals surface area contributed by atoms with Crippen molar-refractivity contribution in [1.29, 1.82) is 0 Å². The van der Waals surface area contributed by atoms with E-state index in [1.165, 1.54) is 31.8 Å². The molecule has 0 unspecified atom stereocenters. The van der Waals surface area contributed by atoms with Crippen LogP contribution in [-0.4, -0.2) is 23.2 Å². The molecule has 1 aromatic heterocycles. The molecule has 0 spiro atoms. The molecule has 1 atom stereocenters. The topological polar surface area (TPSA) is 62.5 Å². The summed E-state index contributed by atoms with van der Waals surface area (Å²) in [6.45, 7) is 2.11. The Morgan fingerprint density at radius 1 is 1.50 bits per heavy atom. The molecule has 2 N–H and O–H groups in total. The van der Waals surface area contributed by atoms with Crippen LogP contribution in [0.5, 0.6) is 0 Å². The highest BCUT2D eigenvalue weighted by Gasteiger charge is 2.33. The summed E-state index contributed by atoms with van der Waals surface area (Å²) in [6, 6.07) is 1.62. The van der Waals surface area contributed by atoms with E-state index in [1.807, 2.05) is 6.92 Å². The largest absolute Gasteiger partial charge is 0.472 e. The molecule has 1 saturated carbocycles. The van der Waals surface area contributed by atoms with Crippen LogP contribution in [0.2, 0.25) is 0 Å². The number of rotatable bonds is 4. The van der Waals surface area contributed by atoms with E-state index in [0.29, 0.717) is 12.1 Å². The molecule has 1 amide bonds. The first-order valence-corrected chi connectivity index (χ1v) is 6.62. The second-order valence-corrected chi connectivity index (χ2v) is 5.39. The average Bonchev–Trinajstić information content (AvgIpc) is 2.91. The van der Waals surface area contributed by atoms with E-state index in [1.54, 1.807) is 6.07 Å². The molecule has 1 aromatic rings. The normalized spacial score (nSPS) is 20.3. The first-order valence-electron chi connectivity index (χ1n) is 6.62. The van der Waals surface area contributed by atoms with Crippen molar-refractivity contribution in [1.82, 2.24) is 5.32 Å². The van der Waals surface area contributed by atoms with Gasteiger partial charge in [0, 0.05) is 6.54 Å². The van der Waals surface area contributed by atoms with Gasteiger partial charge in [-0.25, -0.2) is 0 Å². The van der Waals surface area contributed by atoms with Crippen molar-refractivity contribution >= 4 is 5.91 Å². The molecule has 18 heavy (non-hydrogen) atoms. The van der Waals surface area contributed by atoms with Crippen molar-refractivity contribution in [3.63, 3.8) is 0 Å². The SMILES string of the molecule is C[C@@](O)(CNC(=O)c1ccoc1)C1CCCCC1. The maximum Gasteiger partial charge on any atom is 0.254 e. The van der Waals surface area contributed by atoms with Crippen LogP contribution in [0.3, 0.4) is 0 Å². The summed E-state index contributed by atoms with van der Waals surface area (Å²) in [5.41, 5.74) is -0.325. The van der Waals surface area contributed by atoms with Crippen molar-refractivity contribution < 1.29 is 14.3 Å². The van der Waals surface area contributed by atoms with Gasteiger partial charge >= 0.3 is 0 Å². The summed E-state index contributed by atoms with van der Waals surface area (Å²) < 4.78 is 4.86. The molecular weight excluding hydrogens is 230 g/mol. The van der Waals surface area contributed by atoms with Gasteiger partial charge in [0.1, 0.15) is 6.26 Å². The Balaban J connectivity index is 1.86. The van der Waals surface area contributed by atoms with Gasteiger partial charge in [-0.2, -0.15) is 0 Å². The number of amides is 1. The van der Waals surface area contributed by atoms with Gasteiger partial charge < -0.3 is 14.8 Å². The molecule has 1 aliphatic carbocycles. The third-order valence-electron chi connectivity index (χ3n) is 3.87. The van der Waals surface area contributed by atoms with E-state index in [9.17, 15) is 9.90 Å². The highest BCUT2D eigenvalue weighted by atomic mass is 16.3. The second-order valence-electron chi connectivity index (χ2n) is 5.39. The van der Waals surface area contributed by atoms with E-state index < -0.39 is 5.60 Å². The highest BCUT2D eigenvalue weighted by Crippen LogP contribution is 2.32. The lowest BCUT2D eigenvalue weighted by Gasteiger charge is -2.35. The van der Waals surface area contributed by atoms with Crippen LogP contribution in [0, 0.1) is 5.92 Å². The Morgan fingerprint density at radius 3 is 2.83 bits per heavy atom. The van der Waals surface area contributed by atoms with Gasteiger partial charge in [-0.15, -0.1) is 0 Å². The van der Waals surface area contributed by atoms with Crippen LogP contribution < -0.4 is 5.32 Å². The van der Waals surface area contributed by atoms with Crippen molar-refractivity contribution in [3.05, 3.63) is 24.2 Å². The second kappa shape index (κ2) is 5.57. The maximum atomic E-state index is 11.8. The lowest BCUT2D eigenvalue weighted by molar-refractivity contribution is -0.0143. The number of hydrogen-bond acceptors (Lipinski definition) is 3. The number of aliphatic hydroxyl groups is 1. The fraction of sp³-hybridized carbons (Fsp3) is 0.643. The lowest BCUT2D eigenvalue weighted by atomic mass is 9.78. The van der Waals surface area contributed by atoms with Crippen LogP contribution in [0.25, 0.3) is 0 Å². The zero-order valence-corrected chi connectivity index (χ0v) is 10.8. The van der Waals surface area contributed by atoms with Gasteiger partial charge in [0.05, 0.1) is 17.4 Å².